The number of ether oxygens (including phenoxy) is 1. The van der Waals surface area contributed by atoms with Gasteiger partial charge in [-0.25, -0.2) is 4.63 Å². The average molecular weight is 233 g/mol. The molecule has 2 aromatic rings. The van der Waals surface area contributed by atoms with Gasteiger partial charge in [0.15, 0.2) is 5.69 Å². The van der Waals surface area contributed by atoms with Gasteiger partial charge in [-0.2, -0.15) is 0 Å². The minimum atomic E-state index is -0.393. The Hall–Kier alpha value is -2.37. The van der Waals surface area contributed by atoms with E-state index in [1.807, 2.05) is 19.1 Å². The Kier molecular flexibility index (Phi) is 3.04. The van der Waals surface area contributed by atoms with Gasteiger partial charge in [0.25, 0.3) is 5.91 Å². The molecule has 2 rings (SSSR count). The molecule has 0 saturated heterocycles. The van der Waals surface area contributed by atoms with Crippen LogP contribution in [0, 0.1) is 6.92 Å². The van der Waals surface area contributed by atoms with Gasteiger partial charge in [0.05, 0.1) is 12.8 Å². The molecule has 0 spiro atoms. The number of aromatic nitrogens is 2. The summed E-state index contributed by atoms with van der Waals surface area (Å²) < 4.78 is 9.51. The molecule has 1 N–H and O–H groups in total. The zero-order valence-electron chi connectivity index (χ0n) is 9.43. The number of anilines is 1. The summed E-state index contributed by atoms with van der Waals surface area (Å²) in [6.45, 7) is 1.92. The molecule has 0 bridgehead atoms. The first-order valence-corrected chi connectivity index (χ1v) is 4.94. The maximum atomic E-state index is 11.7. The summed E-state index contributed by atoms with van der Waals surface area (Å²) in [5, 5.41) is 9.50. The molecule has 1 heterocycles. The Morgan fingerprint density at radius 3 is 2.94 bits per heavy atom. The molecule has 0 atom stereocenters. The summed E-state index contributed by atoms with van der Waals surface area (Å²) >= 11 is 0. The fourth-order valence-corrected chi connectivity index (χ4v) is 1.37. The van der Waals surface area contributed by atoms with Crippen molar-refractivity contribution in [3.63, 3.8) is 0 Å². The number of nitrogens with zero attached hydrogens (tertiary/aromatic N) is 2. The normalized spacial score (nSPS) is 10.0. The molecule has 0 unspecified atom stereocenters. The Balaban J connectivity index is 2.23. The molecule has 1 aromatic carbocycles. The molecule has 0 saturated carbocycles. The number of amides is 1. The summed E-state index contributed by atoms with van der Waals surface area (Å²) in [4.78, 5) is 11.7. The number of nitrogens with one attached hydrogen (secondary N) is 1. The van der Waals surface area contributed by atoms with E-state index >= 15 is 0 Å². The van der Waals surface area contributed by atoms with E-state index in [0.717, 1.165) is 5.56 Å². The van der Waals surface area contributed by atoms with E-state index in [4.69, 9.17) is 4.74 Å². The second kappa shape index (κ2) is 4.65. The number of methoxy groups -OCH3 is 1. The second-order valence-electron chi connectivity index (χ2n) is 3.45. The van der Waals surface area contributed by atoms with Gasteiger partial charge in [-0.15, -0.1) is 0 Å². The second-order valence-corrected chi connectivity index (χ2v) is 3.45. The van der Waals surface area contributed by atoms with Crippen LogP contribution in [-0.2, 0) is 0 Å². The third kappa shape index (κ3) is 2.41. The Morgan fingerprint density at radius 2 is 2.29 bits per heavy atom. The van der Waals surface area contributed by atoms with Gasteiger partial charge < -0.3 is 10.1 Å². The molecule has 6 heteroatoms. The Morgan fingerprint density at radius 1 is 1.47 bits per heavy atom. The van der Waals surface area contributed by atoms with Crippen molar-refractivity contribution < 1.29 is 14.2 Å². The van der Waals surface area contributed by atoms with E-state index in [1.54, 1.807) is 6.07 Å². The highest BCUT2D eigenvalue weighted by Gasteiger charge is 2.12. The lowest BCUT2D eigenvalue weighted by Gasteiger charge is -2.09. The average Bonchev–Trinajstić information content (AvgIpc) is 2.83. The van der Waals surface area contributed by atoms with Gasteiger partial charge in [0.1, 0.15) is 11.9 Å². The van der Waals surface area contributed by atoms with Crippen molar-refractivity contribution in [1.82, 2.24) is 10.3 Å². The fraction of sp³-hybridized carbons (Fsp3) is 0.182. The van der Waals surface area contributed by atoms with E-state index in [2.05, 4.69) is 20.3 Å². The highest BCUT2D eigenvalue weighted by Crippen LogP contribution is 2.25. The Labute approximate surface area is 97.5 Å². The van der Waals surface area contributed by atoms with Crippen LogP contribution in [0.1, 0.15) is 16.1 Å². The molecular formula is C11H11N3O3. The minimum Gasteiger partial charge on any atom is -0.495 e. The first kappa shape index (κ1) is 11.1. The molecule has 0 aliphatic rings. The molecule has 0 radical (unpaired) electrons. The molecule has 0 fully saturated rings. The van der Waals surface area contributed by atoms with Gasteiger partial charge in [0, 0.05) is 0 Å². The SMILES string of the molecule is COc1ccc(C)cc1NC(=O)c1cnon1. The quantitative estimate of drug-likeness (QED) is 0.871. The first-order chi connectivity index (χ1) is 8.20. The van der Waals surface area contributed by atoms with Crippen LogP contribution in [0.3, 0.4) is 0 Å². The predicted molar refractivity (Wildman–Crippen MR) is 60.0 cm³/mol. The molecule has 6 nitrogen and oxygen atoms in total. The molecular weight excluding hydrogens is 222 g/mol. The molecule has 0 aliphatic carbocycles. The van der Waals surface area contributed by atoms with E-state index in [0.29, 0.717) is 11.4 Å². The highest BCUT2D eigenvalue weighted by atomic mass is 16.6. The van der Waals surface area contributed by atoms with Gasteiger partial charge in [-0.05, 0) is 29.8 Å². The molecule has 1 amide bonds. The first-order valence-electron chi connectivity index (χ1n) is 4.94. The van der Waals surface area contributed by atoms with E-state index in [1.165, 1.54) is 13.3 Å². The van der Waals surface area contributed by atoms with Gasteiger partial charge in [-0.1, -0.05) is 11.2 Å². The van der Waals surface area contributed by atoms with Gasteiger partial charge >= 0.3 is 0 Å². The fourth-order valence-electron chi connectivity index (χ4n) is 1.37. The van der Waals surface area contributed by atoms with Crippen molar-refractivity contribution in [2.45, 2.75) is 6.92 Å². The standard InChI is InChI=1S/C11H11N3O3/c1-7-3-4-10(16-2)8(5-7)13-11(15)9-6-12-17-14-9/h3-6H,1-2H3,(H,13,15). The summed E-state index contributed by atoms with van der Waals surface area (Å²) in [6, 6.07) is 5.49. The van der Waals surface area contributed by atoms with Crippen molar-refractivity contribution in [2.24, 2.45) is 0 Å². The summed E-state index contributed by atoms with van der Waals surface area (Å²) in [7, 11) is 1.54. The van der Waals surface area contributed by atoms with Crippen molar-refractivity contribution in [3.8, 4) is 5.75 Å². The zero-order valence-corrected chi connectivity index (χ0v) is 9.43. The zero-order chi connectivity index (χ0) is 12.3. The van der Waals surface area contributed by atoms with Crippen molar-refractivity contribution in [1.29, 1.82) is 0 Å². The van der Waals surface area contributed by atoms with E-state index in [-0.39, 0.29) is 5.69 Å². The number of hydrogen-bond donors (Lipinski definition) is 1. The molecule has 1 aromatic heterocycles. The lowest BCUT2D eigenvalue weighted by atomic mass is 10.2. The number of carbonyl (C=O) groups is 1. The topological polar surface area (TPSA) is 77.2 Å². The largest absolute Gasteiger partial charge is 0.495 e. The summed E-state index contributed by atoms with van der Waals surface area (Å²) in [5.41, 5.74) is 1.72. The van der Waals surface area contributed by atoms with Gasteiger partial charge in [-0.3, -0.25) is 4.79 Å². The van der Waals surface area contributed by atoms with E-state index < -0.39 is 5.91 Å². The number of carbonyl (C=O) groups excluding carboxylic acids is 1. The lowest BCUT2D eigenvalue weighted by molar-refractivity contribution is 0.101. The van der Waals surface area contributed by atoms with Crippen LogP contribution in [0.2, 0.25) is 0 Å². The lowest BCUT2D eigenvalue weighted by Crippen LogP contribution is -2.13. The number of benzene rings is 1. The highest BCUT2D eigenvalue weighted by molar-refractivity contribution is 6.03. The summed E-state index contributed by atoms with van der Waals surface area (Å²) in [6.07, 6.45) is 1.25. The number of rotatable bonds is 3. The van der Waals surface area contributed by atoms with Crippen LogP contribution in [0.4, 0.5) is 5.69 Å². The molecule has 0 aliphatic heterocycles. The van der Waals surface area contributed by atoms with Crippen molar-refractivity contribution >= 4 is 11.6 Å². The maximum absolute atomic E-state index is 11.7. The third-order valence-electron chi connectivity index (χ3n) is 2.20. The van der Waals surface area contributed by atoms with Crippen LogP contribution >= 0.6 is 0 Å². The van der Waals surface area contributed by atoms with Gasteiger partial charge in [0.2, 0.25) is 0 Å². The Bertz CT molecular complexity index is 523. The molecule has 88 valence electrons. The molecule has 17 heavy (non-hydrogen) atoms. The number of hydrogen-bond acceptors (Lipinski definition) is 5. The number of aryl methyl sites for hydroxylation is 1. The van der Waals surface area contributed by atoms with E-state index in [9.17, 15) is 4.79 Å². The minimum absolute atomic E-state index is 0.119. The predicted octanol–water partition coefficient (Wildman–Crippen LogP) is 1.64. The smallest absolute Gasteiger partial charge is 0.279 e. The van der Waals surface area contributed by atoms with Crippen LogP contribution in [-0.4, -0.2) is 23.3 Å². The van der Waals surface area contributed by atoms with Crippen molar-refractivity contribution in [3.05, 3.63) is 35.7 Å². The van der Waals surface area contributed by atoms with Crippen molar-refractivity contribution in [2.75, 3.05) is 12.4 Å². The van der Waals surface area contributed by atoms with Crippen LogP contribution in [0.25, 0.3) is 0 Å². The summed E-state index contributed by atoms with van der Waals surface area (Å²) in [5.74, 6) is 0.190. The van der Waals surface area contributed by atoms with Crippen LogP contribution in [0.15, 0.2) is 29.0 Å². The maximum Gasteiger partial charge on any atom is 0.279 e. The third-order valence-corrected chi connectivity index (χ3v) is 2.20. The van der Waals surface area contributed by atoms with Crippen LogP contribution in [0.5, 0.6) is 5.75 Å². The monoisotopic (exact) mass is 233 g/mol. The van der Waals surface area contributed by atoms with Crippen LogP contribution < -0.4 is 10.1 Å².